The van der Waals surface area contributed by atoms with E-state index in [0.29, 0.717) is 12.5 Å². The first-order valence-corrected chi connectivity index (χ1v) is 5.79. The van der Waals surface area contributed by atoms with Gasteiger partial charge in [0.25, 0.3) is 0 Å². The molecule has 1 N–H and O–H groups in total. The van der Waals surface area contributed by atoms with E-state index in [2.05, 4.69) is 29.0 Å². The summed E-state index contributed by atoms with van der Waals surface area (Å²) in [5.74, 6) is 7.31. The summed E-state index contributed by atoms with van der Waals surface area (Å²) < 4.78 is 5.22. The van der Waals surface area contributed by atoms with Crippen LogP contribution in [0.2, 0.25) is 0 Å². The molecule has 0 radical (unpaired) electrons. The molecule has 1 aromatic heterocycles. The number of hydrogen-bond acceptors (Lipinski definition) is 3. The number of hydrogen-bond donors (Lipinski definition) is 1. The number of rotatable bonds is 2. The zero-order chi connectivity index (χ0) is 11.2. The van der Waals surface area contributed by atoms with Gasteiger partial charge in [-0.1, -0.05) is 11.8 Å². The number of nitrogens with one attached hydrogen (secondary N) is 1. The van der Waals surface area contributed by atoms with Gasteiger partial charge in [-0.25, -0.2) is 0 Å². The van der Waals surface area contributed by atoms with Crippen LogP contribution < -0.4 is 5.32 Å². The summed E-state index contributed by atoms with van der Waals surface area (Å²) in [6.45, 7) is 6.34. The van der Waals surface area contributed by atoms with Crippen molar-refractivity contribution in [2.75, 3.05) is 26.2 Å². The second-order valence-electron chi connectivity index (χ2n) is 4.13. The molecular formula is C13H18N2O. The molecule has 86 valence electrons. The lowest BCUT2D eigenvalue weighted by Crippen LogP contribution is -2.49. The van der Waals surface area contributed by atoms with E-state index in [4.69, 9.17) is 4.42 Å². The van der Waals surface area contributed by atoms with E-state index in [1.54, 1.807) is 6.26 Å². The van der Waals surface area contributed by atoms with Crippen molar-refractivity contribution in [2.24, 2.45) is 0 Å². The minimum Gasteiger partial charge on any atom is -0.468 e. The molecule has 3 nitrogen and oxygen atoms in total. The lowest BCUT2D eigenvalue weighted by molar-refractivity contribution is 0.196. The van der Waals surface area contributed by atoms with Crippen molar-refractivity contribution in [3.05, 3.63) is 24.2 Å². The highest BCUT2D eigenvalue weighted by atomic mass is 16.3. The van der Waals surface area contributed by atoms with Crippen LogP contribution in [-0.4, -0.2) is 37.1 Å². The Labute approximate surface area is 96.8 Å². The van der Waals surface area contributed by atoms with E-state index >= 15 is 0 Å². The molecule has 16 heavy (non-hydrogen) atoms. The summed E-state index contributed by atoms with van der Waals surface area (Å²) >= 11 is 0. The van der Waals surface area contributed by atoms with Crippen LogP contribution in [0.25, 0.3) is 0 Å². The van der Waals surface area contributed by atoms with Crippen molar-refractivity contribution in [1.29, 1.82) is 0 Å². The second kappa shape index (κ2) is 5.74. The van der Waals surface area contributed by atoms with Crippen molar-refractivity contribution in [1.82, 2.24) is 10.2 Å². The Bertz CT molecular complexity index is 361. The van der Waals surface area contributed by atoms with Gasteiger partial charge in [-0.3, -0.25) is 4.90 Å². The van der Waals surface area contributed by atoms with Crippen molar-refractivity contribution >= 4 is 0 Å². The number of nitrogens with zero attached hydrogens (tertiary/aromatic N) is 1. The molecule has 1 unspecified atom stereocenters. The molecule has 1 aliphatic rings. The van der Waals surface area contributed by atoms with Gasteiger partial charge in [0.1, 0.15) is 5.76 Å². The van der Waals surface area contributed by atoms with Gasteiger partial charge in [-0.15, -0.1) is 0 Å². The molecule has 0 aliphatic carbocycles. The monoisotopic (exact) mass is 218 g/mol. The van der Waals surface area contributed by atoms with Crippen LogP contribution in [0.5, 0.6) is 0 Å². The summed E-state index contributed by atoms with van der Waals surface area (Å²) in [6, 6.07) is 4.45. The third-order valence-electron chi connectivity index (χ3n) is 2.89. The summed E-state index contributed by atoms with van der Waals surface area (Å²) in [7, 11) is 0. The number of piperazine rings is 1. The van der Waals surface area contributed by atoms with Crippen molar-refractivity contribution in [2.45, 2.75) is 19.4 Å². The topological polar surface area (TPSA) is 28.4 Å². The molecule has 0 bridgehead atoms. The van der Waals surface area contributed by atoms with E-state index in [1.165, 1.54) is 0 Å². The summed E-state index contributed by atoms with van der Waals surface area (Å²) in [5, 5.41) is 3.37. The van der Waals surface area contributed by atoms with Gasteiger partial charge in [0.05, 0.1) is 19.2 Å². The van der Waals surface area contributed by atoms with Crippen molar-refractivity contribution in [3.63, 3.8) is 0 Å². The molecule has 1 fully saturated rings. The molecule has 2 rings (SSSR count). The highest BCUT2D eigenvalue weighted by Crippen LogP contribution is 2.01. The van der Waals surface area contributed by atoms with Crippen LogP contribution >= 0.6 is 0 Å². The molecule has 1 aliphatic heterocycles. The lowest BCUT2D eigenvalue weighted by Gasteiger charge is -2.32. The largest absolute Gasteiger partial charge is 0.468 e. The molecule has 1 aromatic rings. The molecule has 0 amide bonds. The minimum absolute atomic E-state index is 0.590. The average molecular weight is 218 g/mol. The highest BCUT2D eigenvalue weighted by molar-refractivity contribution is 5.11. The van der Waals surface area contributed by atoms with Gasteiger partial charge in [0.15, 0.2) is 0 Å². The highest BCUT2D eigenvalue weighted by Gasteiger charge is 2.15. The van der Waals surface area contributed by atoms with Gasteiger partial charge in [-0.2, -0.15) is 0 Å². The quantitative estimate of drug-likeness (QED) is 0.754. The molecule has 1 atom stereocenters. The fraction of sp³-hybridized carbons (Fsp3) is 0.538. The zero-order valence-electron chi connectivity index (χ0n) is 9.70. The zero-order valence-corrected chi connectivity index (χ0v) is 9.70. The van der Waals surface area contributed by atoms with Gasteiger partial charge in [-0.05, 0) is 19.1 Å². The van der Waals surface area contributed by atoms with E-state index in [-0.39, 0.29) is 0 Å². The van der Waals surface area contributed by atoms with E-state index < -0.39 is 0 Å². The molecule has 0 spiro atoms. The Morgan fingerprint density at radius 2 is 2.50 bits per heavy atom. The Balaban J connectivity index is 1.76. The van der Waals surface area contributed by atoms with Gasteiger partial charge in [0.2, 0.25) is 0 Å². The predicted molar refractivity (Wildman–Crippen MR) is 64.1 cm³/mol. The Morgan fingerprint density at radius 3 is 3.25 bits per heavy atom. The van der Waals surface area contributed by atoms with Crippen LogP contribution in [0.1, 0.15) is 12.7 Å². The first kappa shape index (κ1) is 11.3. The summed E-state index contributed by atoms with van der Waals surface area (Å²) in [5.41, 5.74) is 0. The fourth-order valence-electron chi connectivity index (χ4n) is 1.84. The van der Waals surface area contributed by atoms with Crippen LogP contribution in [0.15, 0.2) is 22.8 Å². The van der Waals surface area contributed by atoms with Gasteiger partial charge < -0.3 is 9.73 Å². The van der Waals surface area contributed by atoms with Crippen LogP contribution in [0.3, 0.4) is 0 Å². The van der Waals surface area contributed by atoms with Gasteiger partial charge >= 0.3 is 0 Å². The lowest BCUT2D eigenvalue weighted by atomic mass is 10.2. The van der Waals surface area contributed by atoms with Crippen LogP contribution in [-0.2, 0) is 6.42 Å². The summed E-state index contributed by atoms with van der Waals surface area (Å²) in [4.78, 5) is 2.41. The van der Waals surface area contributed by atoms with Crippen LogP contribution in [0, 0.1) is 11.8 Å². The third-order valence-corrected chi connectivity index (χ3v) is 2.89. The van der Waals surface area contributed by atoms with E-state index in [0.717, 1.165) is 31.9 Å². The van der Waals surface area contributed by atoms with Crippen molar-refractivity contribution in [3.8, 4) is 11.8 Å². The smallest absolute Gasteiger partial charge is 0.115 e. The van der Waals surface area contributed by atoms with Crippen LogP contribution in [0.4, 0.5) is 0 Å². The fourth-order valence-corrected chi connectivity index (χ4v) is 1.84. The minimum atomic E-state index is 0.590. The molecule has 2 heterocycles. The molecule has 3 heteroatoms. The Hall–Kier alpha value is -1.24. The summed E-state index contributed by atoms with van der Waals surface area (Å²) in [6.07, 6.45) is 2.41. The third kappa shape index (κ3) is 3.13. The predicted octanol–water partition coefficient (Wildman–Crippen LogP) is 1.12. The van der Waals surface area contributed by atoms with Crippen molar-refractivity contribution < 1.29 is 4.42 Å². The SMILES string of the molecule is CC1CNCCN1CC#CCc1ccco1. The van der Waals surface area contributed by atoms with Gasteiger partial charge in [0, 0.05) is 25.7 Å². The molecule has 0 saturated carbocycles. The average Bonchev–Trinajstić information content (AvgIpc) is 2.79. The molecule has 0 aromatic carbocycles. The Kier molecular flexibility index (Phi) is 4.03. The second-order valence-corrected chi connectivity index (χ2v) is 4.13. The molecule has 1 saturated heterocycles. The normalized spacial score (nSPS) is 21.4. The Morgan fingerprint density at radius 1 is 1.56 bits per heavy atom. The maximum Gasteiger partial charge on any atom is 0.115 e. The van der Waals surface area contributed by atoms with E-state index in [9.17, 15) is 0 Å². The maximum atomic E-state index is 5.22. The number of furan rings is 1. The first-order chi connectivity index (χ1) is 7.86. The first-order valence-electron chi connectivity index (χ1n) is 5.79. The maximum absolute atomic E-state index is 5.22. The molecular weight excluding hydrogens is 200 g/mol. The standard InChI is InChI=1S/C13H18N2O/c1-12-11-14-7-9-15(12)8-3-2-5-13-6-4-10-16-13/h4,6,10,12,14H,5,7-9,11H2,1H3. The van der Waals surface area contributed by atoms with E-state index in [1.807, 2.05) is 12.1 Å².